The number of hydrogen-bond donors (Lipinski definition) is 0. The van der Waals surface area contributed by atoms with Crippen LogP contribution in [0.3, 0.4) is 0 Å². The molecule has 0 saturated carbocycles. The maximum Gasteiger partial charge on any atom is 0.644 e. The van der Waals surface area contributed by atoms with Gasteiger partial charge in [-0.25, -0.2) is 0 Å². The normalized spacial score (nSPS) is 16.0. The Bertz CT molecular complexity index is 954. The summed E-state index contributed by atoms with van der Waals surface area (Å²) in [5.41, 5.74) is 0. The molecule has 0 spiro atoms. The average molecular weight is 904 g/mol. The third-order valence-electron chi connectivity index (χ3n) is 5.05. The van der Waals surface area contributed by atoms with Gasteiger partial charge in [-0.15, -0.1) is 0 Å². The van der Waals surface area contributed by atoms with E-state index in [2.05, 4.69) is 124 Å². The summed E-state index contributed by atoms with van der Waals surface area (Å²) in [4.78, 5) is 0. The molecule has 0 unspecified atom stereocenters. The van der Waals surface area contributed by atoms with Crippen molar-refractivity contribution in [2.24, 2.45) is 0 Å². The van der Waals surface area contributed by atoms with E-state index in [1.54, 1.807) is 0 Å². The second-order valence-electron chi connectivity index (χ2n) is 20.0. The molecule has 0 fully saturated rings. The summed E-state index contributed by atoms with van der Waals surface area (Å²) < 4.78 is 77.1. The van der Waals surface area contributed by atoms with Crippen molar-refractivity contribution in [3.63, 3.8) is 0 Å². The van der Waals surface area contributed by atoms with Crippen LogP contribution in [0, 0.1) is 0 Å². The van der Waals surface area contributed by atoms with Crippen molar-refractivity contribution in [1.82, 2.24) is 0 Å². The topological polar surface area (TPSA) is 102 Å². The summed E-state index contributed by atoms with van der Waals surface area (Å²) in [6.07, 6.45) is 0. The molecule has 0 atom stereocenters. The highest BCUT2D eigenvalue weighted by Gasteiger charge is 2.65. The van der Waals surface area contributed by atoms with Crippen molar-refractivity contribution >= 4 is 102 Å². The molecule has 23 heteroatoms. The molecule has 11 nitrogen and oxygen atoms in total. The van der Waals surface area contributed by atoms with Crippen LogP contribution in [0.1, 0.15) is 0 Å². The van der Waals surface area contributed by atoms with Gasteiger partial charge in [0, 0.05) is 6.55 Å². The molecule has 0 aliphatic carbocycles. The third kappa shape index (κ3) is 25.0. The van der Waals surface area contributed by atoms with Crippen LogP contribution in [0.5, 0.6) is 0 Å². The highest BCUT2D eigenvalue weighted by molar-refractivity contribution is 6.95. The lowest BCUT2D eigenvalue weighted by Gasteiger charge is -2.49. The summed E-state index contributed by atoms with van der Waals surface area (Å²) in [6, 6.07) is 0. The van der Waals surface area contributed by atoms with Gasteiger partial charge in [0.15, 0.2) is 41.6 Å². The van der Waals surface area contributed by atoms with Gasteiger partial charge in [0.25, 0.3) is 0 Å². The van der Waals surface area contributed by atoms with Crippen LogP contribution in [-0.4, -0.2) is 102 Å². The molecule has 0 aliphatic rings. The SMILES string of the molecule is C[Si](C)(C)O[Si](C)(C)O[Si](C)(O[Si](C)(C)O[Si](C)(C)C)O[Si](O[Si](C)(C)O[Si](C)(C)C)(O[Si](C)(C)O[Si](C)(C)C)O[Si](C)(C)O[Si](C)(C)C. The lowest BCUT2D eigenvalue weighted by Crippen LogP contribution is -2.72. The molecule has 0 rings (SSSR count). The smallest absolute Gasteiger partial charge is 0.437 e. The zero-order chi connectivity index (χ0) is 39.8. The van der Waals surface area contributed by atoms with Crippen molar-refractivity contribution in [2.75, 3.05) is 0 Å². The fourth-order valence-electron chi connectivity index (χ4n) is 6.00. The lowest BCUT2D eigenvalue weighted by atomic mass is 11.8. The number of hydrogen-bond acceptors (Lipinski definition) is 11. The van der Waals surface area contributed by atoms with Crippen molar-refractivity contribution in [2.45, 2.75) is 170 Å². The van der Waals surface area contributed by atoms with Crippen LogP contribution in [0.2, 0.25) is 170 Å². The van der Waals surface area contributed by atoms with E-state index in [-0.39, 0.29) is 0 Å². The third-order valence-corrected chi connectivity index (χ3v) is 45.4. The van der Waals surface area contributed by atoms with Gasteiger partial charge in [0.2, 0.25) is 0 Å². The summed E-state index contributed by atoms with van der Waals surface area (Å²) in [6.45, 7) is 54.7. The molecule has 0 saturated heterocycles. The molecular weight excluding hydrogens is 825 g/mol. The Morgan fingerprint density at radius 1 is 0.184 bits per heavy atom. The van der Waals surface area contributed by atoms with Crippen molar-refractivity contribution < 1.29 is 45.3 Å². The van der Waals surface area contributed by atoms with E-state index in [4.69, 9.17) is 45.3 Å². The molecule has 0 aromatic carbocycles. The molecule has 49 heavy (non-hydrogen) atoms. The molecule has 0 radical (unpaired) electrons. The Labute approximate surface area is 315 Å². The maximum absolute atomic E-state index is 7.40. The molecule has 0 aromatic heterocycles. The van der Waals surface area contributed by atoms with E-state index in [0.29, 0.717) is 0 Å². The van der Waals surface area contributed by atoms with Gasteiger partial charge in [-0.05, 0) is 164 Å². The second kappa shape index (κ2) is 16.7. The minimum atomic E-state index is -4.31. The maximum atomic E-state index is 7.40. The van der Waals surface area contributed by atoms with E-state index in [9.17, 15) is 0 Å². The molecule has 0 amide bonds. The van der Waals surface area contributed by atoms with Crippen LogP contribution in [0.4, 0.5) is 0 Å². The zero-order valence-corrected chi connectivity index (χ0v) is 48.5. The van der Waals surface area contributed by atoms with Gasteiger partial charge in [-0.2, -0.15) is 0 Å². The fraction of sp³-hybridized carbons (Fsp3) is 1.00. The lowest BCUT2D eigenvalue weighted by molar-refractivity contribution is 0.0800. The van der Waals surface area contributed by atoms with Crippen molar-refractivity contribution in [1.29, 1.82) is 0 Å². The van der Waals surface area contributed by atoms with Crippen LogP contribution in [0.25, 0.3) is 0 Å². The standard InChI is InChI=1S/C26H78O11Si12/c1-38(2,3)27-43(16,17)32-48(26,33-44(18,19)28-39(4,5)6)37-49(34-45(20,21)29-40(7,8)9,35-46(22,23)30-41(10,11)12)36-47(24,25)31-42(13,14)15/h1-26H3. The molecule has 0 aromatic rings. The van der Waals surface area contributed by atoms with Crippen LogP contribution >= 0.6 is 0 Å². The Hall–Kier alpha value is 2.16. The van der Waals surface area contributed by atoms with Crippen LogP contribution in [-0.2, 0) is 45.3 Å². The molecule has 0 N–H and O–H groups in total. The Morgan fingerprint density at radius 3 is 0.510 bits per heavy atom. The summed E-state index contributed by atoms with van der Waals surface area (Å²) in [5, 5.41) is 0. The summed E-state index contributed by atoms with van der Waals surface area (Å²) >= 11 is 0. The molecular formula is C26H78O11Si12. The van der Waals surface area contributed by atoms with Crippen LogP contribution < -0.4 is 0 Å². The fourth-order valence-corrected chi connectivity index (χ4v) is 59.3. The first-order valence-corrected chi connectivity index (χ1v) is 52.5. The van der Waals surface area contributed by atoms with Gasteiger partial charge >= 0.3 is 60.7 Å². The second-order valence-corrected chi connectivity index (χ2v) is 66.9. The predicted octanol–water partition coefficient (Wildman–Crippen LogP) is 9.86. The molecule has 0 heterocycles. The van der Waals surface area contributed by atoms with E-state index in [1.165, 1.54) is 0 Å². The highest BCUT2D eigenvalue weighted by Crippen LogP contribution is 2.36. The highest BCUT2D eigenvalue weighted by atomic mass is 28.6. The minimum absolute atomic E-state index is 1.92. The largest absolute Gasteiger partial charge is 0.644 e. The monoisotopic (exact) mass is 902 g/mol. The Morgan fingerprint density at radius 2 is 0.347 bits per heavy atom. The predicted molar refractivity (Wildman–Crippen MR) is 233 cm³/mol. The van der Waals surface area contributed by atoms with E-state index in [1.807, 2.05) is 45.8 Å². The van der Waals surface area contributed by atoms with E-state index < -0.39 is 102 Å². The molecule has 0 aliphatic heterocycles. The first kappa shape index (κ1) is 51.2. The summed E-state index contributed by atoms with van der Waals surface area (Å²) in [7, 11) is -33.1. The quantitative estimate of drug-likeness (QED) is 0.0971. The minimum Gasteiger partial charge on any atom is -0.437 e. The Balaban J connectivity index is 7.91. The summed E-state index contributed by atoms with van der Waals surface area (Å²) in [5.74, 6) is 0. The van der Waals surface area contributed by atoms with E-state index in [0.717, 1.165) is 0 Å². The van der Waals surface area contributed by atoms with Gasteiger partial charge in [-0.1, -0.05) is 0 Å². The first-order chi connectivity index (χ1) is 20.8. The number of rotatable bonds is 22. The van der Waals surface area contributed by atoms with Crippen molar-refractivity contribution in [3.8, 4) is 0 Å². The van der Waals surface area contributed by atoms with Gasteiger partial charge < -0.3 is 45.3 Å². The van der Waals surface area contributed by atoms with Crippen LogP contribution in [0.15, 0.2) is 0 Å². The zero-order valence-electron chi connectivity index (χ0n) is 36.5. The van der Waals surface area contributed by atoms with Gasteiger partial charge in [-0.3, -0.25) is 0 Å². The molecule has 296 valence electrons. The molecule has 0 bridgehead atoms. The van der Waals surface area contributed by atoms with Gasteiger partial charge in [0.05, 0.1) is 0 Å². The Kier molecular flexibility index (Phi) is 17.5. The van der Waals surface area contributed by atoms with E-state index >= 15 is 0 Å². The first-order valence-electron chi connectivity index (χ1n) is 17.5. The average Bonchev–Trinajstić information content (AvgIpc) is 2.51. The van der Waals surface area contributed by atoms with Gasteiger partial charge in [0.1, 0.15) is 0 Å². The van der Waals surface area contributed by atoms with Crippen molar-refractivity contribution in [3.05, 3.63) is 0 Å².